The Morgan fingerprint density at radius 3 is 2.45 bits per heavy atom. The van der Waals surface area contributed by atoms with Crippen LogP contribution >= 0.6 is 11.3 Å². The van der Waals surface area contributed by atoms with Crippen molar-refractivity contribution >= 4 is 22.4 Å². The number of nitrogens with one attached hydrogen (secondary N) is 1. The lowest BCUT2D eigenvalue weighted by Gasteiger charge is -2.39. The fourth-order valence-corrected chi connectivity index (χ4v) is 5.38. The van der Waals surface area contributed by atoms with Crippen molar-refractivity contribution in [1.29, 1.82) is 0 Å². The Morgan fingerprint density at radius 2 is 1.76 bits per heavy atom. The summed E-state index contributed by atoms with van der Waals surface area (Å²) in [7, 11) is 0. The van der Waals surface area contributed by atoms with Crippen molar-refractivity contribution < 1.29 is 4.52 Å². The second kappa shape index (κ2) is 8.20. The van der Waals surface area contributed by atoms with Crippen LogP contribution in [0.1, 0.15) is 30.7 Å². The number of nitrogens with two attached hydrogens (primary N) is 1. The van der Waals surface area contributed by atoms with Crippen LogP contribution in [0.25, 0.3) is 22.7 Å². The van der Waals surface area contributed by atoms with Gasteiger partial charge in [0.2, 0.25) is 5.95 Å². The largest absolute Gasteiger partial charge is 0.368 e. The third kappa shape index (κ3) is 3.65. The van der Waals surface area contributed by atoms with E-state index < -0.39 is 0 Å². The fourth-order valence-electron chi connectivity index (χ4n) is 4.53. The van der Waals surface area contributed by atoms with Crippen molar-refractivity contribution in [3.63, 3.8) is 0 Å². The van der Waals surface area contributed by atoms with Gasteiger partial charge < -0.3 is 20.5 Å². The van der Waals surface area contributed by atoms with Gasteiger partial charge in [-0.15, -0.1) is 11.3 Å². The van der Waals surface area contributed by atoms with Crippen LogP contribution in [0.2, 0.25) is 0 Å². The highest BCUT2D eigenvalue weighted by Crippen LogP contribution is 2.48. The average molecular weight is 461 g/mol. The number of thiazole rings is 1. The van der Waals surface area contributed by atoms with Gasteiger partial charge in [-0.25, -0.2) is 15.0 Å². The SMILES string of the molecule is Nc1ncc(-c2ccc(C3(c4noc(-c5csc(N6CCNCC6)n5)n4)CCC3)cc2)cn1. The first-order chi connectivity index (χ1) is 16.2. The van der Waals surface area contributed by atoms with Crippen LogP contribution in [0.15, 0.2) is 46.6 Å². The molecule has 1 aliphatic heterocycles. The molecule has 1 saturated carbocycles. The third-order valence-corrected chi connectivity index (χ3v) is 7.50. The molecule has 2 fully saturated rings. The molecule has 0 amide bonds. The van der Waals surface area contributed by atoms with Gasteiger partial charge >= 0.3 is 0 Å². The minimum Gasteiger partial charge on any atom is -0.368 e. The van der Waals surface area contributed by atoms with Crippen molar-refractivity contribution in [3.05, 3.63) is 53.4 Å². The van der Waals surface area contributed by atoms with E-state index in [0.29, 0.717) is 5.89 Å². The Kier molecular flexibility index (Phi) is 5.03. The van der Waals surface area contributed by atoms with Gasteiger partial charge in [0.15, 0.2) is 11.0 Å². The van der Waals surface area contributed by atoms with E-state index in [1.165, 1.54) is 5.56 Å². The summed E-state index contributed by atoms with van der Waals surface area (Å²) in [5.41, 5.74) is 9.32. The van der Waals surface area contributed by atoms with Crippen LogP contribution in [-0.2, 0) is 5.41 Å². The van der Waals surface area contributed by atoms with Crippen molar-refractivity contribution in [2.45, 2.75) is 24.7 Å². The zero-order valence-electron chi connectivity index (χ0n) is 18.1. The maximum absolute atomic E-state index is 5.68. The molecular formula is C23H24N8OS. The maximum Gasteiger partial charge on any atom is 0.277 e. The first kappa shape index (κ1) is 20.3. The Morgan fingerprint density at radius 1 is 1.00 bits per heavy atom. The van der Waals surface area contributed by atoms with Crippen LogP contribution in [0.3, 0.4) is 0 Å². The summed E-state index contributed by atoms with van der Waals surface area (Å²) in [6.07, 6.45) is 6.62. The van der Waals surface area contributed by atoms with Crippen LogP contribution in [0, 0.1) is 0 Å². The number of anilines is 2. The first-order valence-electron chi connectivity index (χ1n) is 11.2. The number of aromatic nitrogens is 5. The van der Waals surface area contributed by atoms with Gasteiger partial charge in [-0.3, -0.25) is 0 Å². The number of benzene rings is 1. The highest BCUT2D eigenvalue weighted by molar-refractivity contribution is 7.14. The zero-order valence-corrected chi connectivity index (χ0v) is 18.9. The second-order valence-corrected chi connectivity index (χ2v) is 9.36. The summed E-state index contributed by atoms with van der Waals surface area (Å²) in [5, 5.41) is 10.8. The number of hydrogen-bond acceptors (Lipinski definition) is 10. The number of piperazine rings is 1. The second-order valence-electron chi connectivity index (χ2n) is 8.52. The summed E-state index contributed by atoms with van der Waals surface area (Å²) in [5.74, 6) is 1.51. The summed E-state index contributed by atoms with van der Waals surface area (Å²) in [4.78, 5) is 20.0. The third-order valence-electron chi connectivity index (χ3n) is 6.60. The summed E-state index contributed by atoms with van der Waals surface area (Å²) >= 11 is 1.63. The van der Waals surface area contributed by atoms with Crippen molar-refractivity contribution in [2.24, 2.45) is 0 Å². The standard InChI is InChI=1S/C23H24N8OS/c24-21-26-12-16(13-27-21)15-2-4-17(5-3-15)23(6-1-7-23)20-29-19(32-30-20)18-14-33-22(28-18)31-10-8-25-9-11-31/h2-5,12-14,25H,1,6-11H2,(H2,24,26,27). The Hall–Kier alpha value is -3.37. The van der Waals surface area contributed by atoms with Crippen LogP contribution in [0.4, 0.5) is 11.1 Å². The van der Waals surface area contributed by atoms with Gasteiger partial charge in [0.25, 0.3) is 5.89 Å². The summed E-state index contributed by atoms with van der Waals surface area (Å²) < 4.78 is 5.68. The fraction of sp³-hybridized carbons (Fsp3) is 0.348. The molecule has 4 heterocycles. The molecule has 1 aliphatic carbocycles. The topological polar surface area (TPSA) is 119 Å². The smallest absolute Gasteiger partial charge is 0.277 e. The summed E-state index contributed by atoms with van der Waals surface area (Å²) in [6, 6.07) is 8.47. The average Bonchev–Trinajstić information content (AvgIpc) is 3.51. The molecule has 0 spiro atoms. The number of nitrogen functional groups attached to an aromatic ring is 1. The van der Waals surface area contributed by atoms with E-state index in [0.717, 1.165) is 73.2 Å². The normalized spacial score (nSPS) is 17.6. The highest BCUT2D eigenvalue weighted by atomic mass is 32.1. The molecule has 1 aromatic carbocycles. The molecule has 1 saturated heterocycles. The first-order valence-corrected chi connectivity index (χ1v) is 12.0. The molecule has 2 aliphatic rings. The van der Waals surface area contributed by atoms with Gasteiger partial charge in [-0.2, -0.15) is 4.98 Å². The molecule has 3 N–H and O–H groups in total. The lowest BCUT2D eigenvalue weighted by molar-refractivity contribution is 0.273. The highest BCUT2D eigenvalue weighted by Gasteiger charge is 2.44. The van der Waals surface area contributed by atoms with E-state index in [4.69, 9.17) is 20.2 Å². The molecule has 9 nitrogen and oxygen atoms in total. The molecule has 168 valence electrons. The number of rotatable bonds is 5. The van der Waals surface area contributed by atoms with Crippen molar-refractivity contribution in [3.8, 4) is 22.7 Å². The molecule has 10 heteroatoms. The molecule has 33 heavy (non-hydrogen) atoms. The van der Waals surface area contributed by atoms with Crippen LogP contribution < -0.4 is 16.0 Å². The van der Waals surface area contributed by atoms with Crippen LogP contribution in [0.5, 0.6) is 0 Å². The minimum absolute atomic E-state index is 0.213. The van der Waals surface area contributed by atoms with Gasteiger partial charge in [0, 0.05) is 49.5 Å². The van der Waals surface area contributed by atoms with E-state index in [1.54, 1.807) is 23.7 Å². The molecule has 0 unspecified atom stereocenters. The molecule has 0 atom stereocenters. The molecule has 4 aromatic rings. The Labute approximate surface area is 195 Å². The Balaban J connectivity index is 1.25. The number of nitrogens with zero attached hydrogens (tertiary/aromatic N) is 6. The van der Waals surface area contributed by atoms with Crippen molar-refractivity contribution in [1.82, 2.24) is 30.4 Å². The van der Waals surface area contributed by atoms with Gasteiger partial charge in [0.05, 0.1) is 5.41 Å². The maximum atomic E-state index is 5.68. The van der Waals surface area contributed by atoms with Crippen molar-refractivity contribution in [2.75, 3.05) is 36.8 Å². The molecule has 6 rings (SSSR count). The van der Waals surface area contributed by atoms with Gasteiger partial charge in [-0.1, -0.05) is 35.8 Å². The lowest BCUT2D eigenvalue weighted by atomic mass is 9.64. The zero-order chi connectivity index (χ0) is 22.3. The van der Waals surface area contributed by atoms with E-state index in [1.807, 2.05) is 5.38 Å². The monoisotopic (exact) mass is 460 g/mol. The molecule has 0 bridgehead atoms. The van der Waals surface area contributed by atoms with Gasteiger partial charge in [-0.05, 0) is 24.0 Å². The molecule has 0 radical (unpaired) electrons. The summed E-state index contributed by atoms with van der Waals surface area (Å²) in [6.45, 7) is 3.88. The van der Waals surface area contributed by atoms with E-state index in [2.05, 4.69) is 49.6 Å². The lowest BCUT2D eigenvalue weighted by Crippen LogP contribution is -2.43. The molecular weight excluding hydrogens is 436 g/mol. The predicted molar refractivity (Wildman–Crippen MR) is 127 cm³/mol. The van der Waals surface area contributed by atoms with Crippen LogP contribution in [-0.4, -0.2) is 51.3 Å². The van der Waals surface area contributed by atoms with E-state index >= 15 is 0 Å². The minimum atomic E-state index is -0.213. The molecule has 3 aromatic heterocycles. The predicted octanol–water partition coefficient (Wildman–Crippen LogP) is 3.11. The van der Waals surface area contributed by atoms with Gasteiger partial charge in [0.1, 0.15) is 5.69 Å². The Bertz CT molecular complexity index is 1240. The van der Waals surface area contributed by atoms with E-state index in [-0.39, 0.29) is 11.4 Å². The quantitative estimate of drug-likeness (QED) is 0.463. The number of hydrogen-bond donors (Lipinski definition) is 2. The van der Waals surface area contributed by atoms with E-state index in [9.17, 15) is 0 Å².